The van der Waals surface area contributed by atoms with Crippen molar-refractivity contribution in [3.8, 4) is 24.3 Å². The standard InChI is InChI=1S/C17H22O4.C2H6.C2H2/c1-10-3-2-4-13-14(18)9-11-5-6-12(7-8-15(19)20)21-17(11)16(10)13;2*1-2/h9-10,12,18H,2-8H2,1H3,(H,19,20);1-2H3;1-2H/t10-,12?;;/m1../s1. The van der Waals surface area contributed by atoms with E-state index in [1.807, 2.05) is 19.9 Å². The zero-order chi connectivity index (χ0) is 19.0. The number of carbonyl (C=O) groups is 1. The van der Waals surface area contributed by atoms with Crippen molar-refractivity contribution in [1.29, 1.82) is 0 Å². The molecule has 1 unspecified atom stereocenters. The van der Waals surface area contributed by atoms with Crippen LogP contribution in [-0.4, -0.2) is 22.3 Å². The molecular weight excluding hydrogens is 316 g/mol. The number of phenols is 1. The average molecular weight is 346 g/mol. The Balaban J connectivity index is 0.000000730. The predicted molar refractivity (Wildman–Crippen MR) is 100 cm³/mol. The van der Waals surface area contributed by atoms with Gasteiger partial charge in [0.05, 0.1) is 6.10 Å². The lowest BCUT2D eigenvalue weighted by atomic mass is 9.80. The maximum Gasteiger partial charge on any atom is 0.303 e. The SMILES string of the molecule is C#C.CC.C[C@@H]1CCCc2c(O)cc3c(c21)OC(CCC(=O)O)CC3. The molecule has 2 atom stereocenters. The lowest BCUT2D eigenvalue weighted by Gasteiger charge is -2.33. The van der Waals surface area contributed by atoms with Crippen LogP contribution in [0, 0.1) is 12.8 Å². The number of terminal acetylenes is 1. The molecule has 2 aliphatic rings. The van der Waals surface area contributed by atoms with Gasteiger partial charge in [-0.3, -0.25) is 4.79 Å². The van der Waals surface area contributed by atoms with E-state index in [0.717, 1.165) is 54.5 Å². The number of fused-ring (bicyclic) bond motifs is 3. The van der Waals surface area contributed by atoms with Gasteiger partial charge in [0, 0.05) is 17.5 Å². The van der Waals surface area contributed by atoms with Gasteiger partial charge in [0.15, 0.2) is 0 Å². The van der Waals surface area contributed by atoms with Crippen molar-refractivity contribution in [2.24, 2.45) is 0 Å². The molecule has 1 aliphatic heterocycles. The molecule has 2 N–H and O–H groups in total. The summed E-state index contributed by atoms with van der Waals surface area (Å²) in [7, 11) is 0. The molecule has 4 nitrogen and oxygen atoms in total. The lowest BCUT2D eigenvalue weighted by molar-refractivity contribution is -0.137. The number of phenolic OH excluding ortho intramolecular Hbond substituents is 1. The number of aliphatic carboxylic acids is 1. The molecule has 1 aromatic rings. The molecule has 4 heteroatoms. The van der Waals surface area contributed by atoms with Crippen LogP contribution in [-0.2, 0) is 17.6 Å². The van der Waals surface area contributed by atoms with Crippen LogP contribution < -0.4 is 4.74 Å². The molecule has 0 amide bonds. The fourth-order valence-electron chi connectivity index (χ4n) is 3.63. The zero-order valence-electron chi connectivity index (χ0n) is 15.5. The maximum atomic E-state index is 10.7. The van der Waals surface area contributed by atoms with Crippen molar-refractivity contribution in [3.05, 3.63) is 22.8 Å². The van der Waals surface area contributed by atoms with E-state index in [0.29, 0.717) is 18.1 Å². The molecule has 1 aromatic carbocycles. The summed E-state index contributed by atoms with van der Waals surface area (Å²) in [5.41, 5.74) is 3.27. The first kappa shape index (κ1) is 20.9. The highest BCUT2D eigenvalue weighted by molar-refractivity contribution is 5.66. The molecule has 0 saturated carbocycles. The van der Waals surface area contributed by atoms with Gasteiger partial charge in [0.1, 0.15) is 11.5 Å². The number of benzene rings is 1. The number of rotatable bonds is 3. The van der Waals surface area contributed by atoms with Crippen LogP contribution in [0.4, 0.5) is 0 Å². The topological polar surface area (TPSA) is 66.8 Å². The third-order valence-corrected chi connectivity index (χ3v) is 4.74. The Bertz CT molecular complexity index is 604. The lowest BCUT2D eigenvalue weighted by Crippen LogP contribution is -2.26. The Morgan fingerprint density at radius 1 is 1.28 bits per heavy atom. The Morgan fingerprint density at radius 3 is 2.60 bits per heavy atom. The minimum atomic E-state index is -0.773. The molecule has 25 heavy (non-hydrogen) atoms. The smallest absolute Gasteiger partial charge is 0.303 e. The summed E-state index contributed by atoms with van der Waals surface area (Å²) in [5, 5.41) is 19.1. The van der Waals surface area contributed by atoms with Gasteiger partial charge in [-0.15, -0.1) is 12.8 Å². The Labute approximate surface area is 151 Å². The van der Waals surface area contributed by atoms with Gasteiger partial charge in [-0.2, -0.15) is 0 Å². The molecule has 0 fully saturated rings. The molecule has 0 radical (unpaired) electrons. The Morgan fingerprint density at radius 2 is 1.96 bits per heavy atom. The average Bonchev–Trinajstić information content (AvgIpc) is 2.64. The first-order chi connectivity index (χ1) is 12.1. The summed E-state index contributed by atoms with van der Waals surface area (Å²) >= 11 is 0. The van der Waals surface area contributed by atoms with Crippen LogP contribution in [0.25, 0.3) is 0 Å². The first-order valence-electron chi connectivity index (χ1n) is 9.15. The van der Waals surface area contributed by atoms with Crippen LogP contribution in [0.3, 0.4) is 0 Å². The molecular formula is C21H30O4. The molecule has 1 aliphatic carbocycles. The summed E-state index contributed by atoms with van der Waals surface area (Å²) in [4.78, 5) is 10.7. The first-order valence-corrected chi connectivity index (χ1v) is 9.15. The predicted octanol–water partition coefficient (Wildman–Crippen LogP) is 4.67. The Kier molecular flexibility index (Phi) is 8.34. The van der Waals surface area contributed by atoms with E-state index in [1.165, 1.54) is 0 Å². The summed E-state index contributed by atoms with van der Waals surface area (Å²) in [5.74, 6) is 0.956. The van der Waals surface area contributed by atoms with Crippen molar-refractivity contribution in [2.75, 3.05) is 0 Å². The van der Waals surface area contributed by atoms with Gasteiger partial charge in [-0.05, 0) is 56.1 Å². The van der Waals surface area contributed by atoms with E-state index >= 15 is 0 Å². The molecule has 0 bridgehead atoms. The second kappa shape index (κ2) is 9.98. The zero-order valence-corrected chi connectivity index (χ0v) is 15.5. The van der Waals surface area contributed by atoms with Gasteiger partial charge < -0.3 is 14.9 Å². The molecule has 0 saturated heterocycles. The highest BCUT2D eigenvalue weighted by Gasteiger charge is 2.30. The fraction of sp³-hybridized carbons (Fsp3) is 0.571. The van der Waals surface area contributed by atoms with E-state index < -0.39 is 5.97 Å². The largest absolute Gasteiger partial charge is 0.508 e. The second-order valence-electron chi connectivity index (χ2n) is 6.28. The van der Waals surface area contributed by atoms with Crippen molar-refractivity contribution < 1.29 is 19.7 Å². The quantitative estimate of drug-likeness (QED) is 0.781. The molecule has 138 valence electrons. The van der Waals surface area contributed by atoms with Crippen LogP contribution in [0.5, 0.6) is 11.5 Å². The second-order valence-corrected chi connectivity index (χ2v) is 6.28. The number of hydrogen-bond donors (Lipinski definition) is 2. The van der Waals surface area contributed by atoms with Crippen molar-refractivity contribution in [1.82, 2.24) is 0 Å². The van der Waals surface area contributed by atoms with Crippen molar-refractivity contribution in [2.45, 2.75) is 77.7 Å². The molecule has 0 aromatic heterocycles. The van der Waals surface area contributed by atoms with Crippen LogP contribution in [0.15, 0.2) is 6.07 Å². The van der Waals surface area contributed by atoms with E-state index in [4.69, 9.17) is 9.84 Å². The number of aromatic hydroxyl groups is 1. The number of carboxylic acid groups (broad SMARTS) is 1. The monoisotopic (exact) mass is 346 g/mol. The normalized spacial score (nSPS) is 20.4. The third kappa shape index (κ3) is 4.92. The van der Waals surface area contributed by atoms with Crippen molar-refractivity contribution in [3.63, 3.8) is 0 Å². The van der Waals surface area contributed by atoms with Gasteiger partial charge in [-0.25, -0.2) is 0 Å². The van der Waals surface area contributed by atoms with Crippen molar-refractivity contribution >= 4 is 5.97 Å². The van der Waals surface area contributed by atoms with E-state index in [1.54, 1.807) is 0 Å². The highest BCUT2D eigenvalue weighted by atomic mass is 16.5. The van der Waals surface area contributed by atoms with Gasteiger partial charge >= 0.3 is 5.97 Å². The van der Waals surface area contributed by atoms with Crippen LogP contribution in [0.1, 0.15) is 75.5 Å². The van der Waals surface area contributed by atoms with Gasteiger partial charge in [0.2, 0.25) is 0 Å². The molecule has 0 spiro atoms. The van der Waals surface area contributed by atoms with E-state index in [9.17, 15) is 9.90 Å². The summed E-state index contributed by atoms with van der Waals surface area (Å²) in [6.07, 6.45) is 13.5. The fourth-order valence-corrected chi connectivity index (χ4v) is 3.63. The van der Waals surface area contributed by atoms with Crippen LogP contribution in [0.2, 0.25) is 0 Å². The maximum absolute atomic E-state index is 10.7. The molecule has 1 heterocycles. The minimum Gasteiger partial charge on any atom is -0.508 e. The Hall–Kier alpha value is -2.15. The van der Waals surface area contributed by atoms with Gasteiger partial charge in [0.25, 0.3) is 0 Å². The minimum absolute atomic E-state index is 0.0173. The third-order valence-electron chi connectivity index (χ3n) is 4.74. The summed E-state index contributed by atoms with van der Waals surface area (Å²) in [6.45, 7) is 6.18. The van der Waals surface area contributed by atoms with E-state index in [-0.39, 0.29) is 12.5 Å². The summed E-state index contributed by atoms with van der Waals surface area (Å²) in [6, 6.07) is 1.85. The highest BCUT2D eigenvalue weighted by Crippen LogP contribution is 2.46. The summed E-state index contributed by atoms with van der Waals surface area (Å²) < 4.78 is 6.13. The number of hydrogen-bond acceptors (Lipinski definition) is 3. The molecule has 3 rings (SSSR count). The number of carboxylic acids is 1. The van der Waals surface area contributed by atoms with E-state index in [2.05, 4.69) is 19.8 Å². The number of aryl methyl sites for hydroxylation is 1. The van der Waals surface area contributed by atoms with Crippen LogP contribution >= 0.6 is 0 Å². The van der Waals surface area contributed by atoms with Gasteiger partial charge in [-0.1, -0.05) is 20.8 Å². The number of ether oxygens (including phenoxy) is 1.